The van der Waals surface area contributed by atoms with E-state index in [9.17, 15) is 9.59 Å². The Balaban J connectivity index is 1.69. The lowest BCUT2D eigenvalue weighted by Gasteiger charge is -2.22. The number of carbonyl (C=O) groups excluding carboxylic acids is 2. The Morgan fingerprint density at radius 1 is 1.06 bits per heavy atom. The molecule has 1 saturated carbocycles. The van der Waals surface area contributed by atoms with Crippen molar-refractivity contribution in [3.05, 3.63) is 54.1 Å². The molecule has 0 heterocycles. The molecule has 0 aromatic heterocycles. The first kappa shape index (κ1) is 23.8. The van der Waals surface area contributed by atoms with Crippen LogP contribution in [0.2, 0.25) is 0 Å². The van der Waals surface area contributed by atoms with Crippen LogP contribution in [0.1, 0.15) is 51.0 Å². The van der Waals surface area contributed by atoms with Crippen molar-refractivity contribution in [1.29, 1.82) is 0 Å². The molecule has 0 bridgehead atoms. The van der Waals surface area contributed by atoms with Crippen molar-refractivity contribution in [2.24, 2.45) is 5.92 Å². The Hall–Kier alpha value is -2.86. The summed E-state index contributed by atoms with van der Waals surface area (Å²) < 4.78 is 0. The van der Waals surface area contributed by atoms with Crippen LogP contribution in [0.5, 0.6) is 0 Å². The van der Waals surface area contributed by atoms with E-state index in [0.717, 1.165) is 54.5 Å². The fourth-order valence-corrected chi connectivity index (χ4v) is 3.45. The van der Waals surface area contributed by atoms with Crippen LogP contribution in [0, 0.1) is 5.92 Å². The summed E-state index contributed by atoms with van der Waals surface area (Å²) in [6, 6.07) is 15.9. The Morgan fingerprint density at radius 3 is 2.56 bits per heavy atom. The van der Waals surface area contributed by atoms with E-state index in [1.807, 2.05) is 48.5 Å². The molecule has 0 spiro atoms. The van der Waals surface area contributed by atoms with Gasteiger partial charge in [-0.15, -0.1) is 0 Å². The zero-order valence-corrected chi connectivity index (χ0v) is 19.1. The van der Waals surface area contributed by atoms with Gasteiger partial charge in [-0.1, -0.05) is 62.2 Å². The molecule has 1 aliphatic rings. The molecule has 0 saturated heterocycles. The van der Waals surface area contributed by atoms with Crippen LogP contribution in [-0.2, 0) is 21.0 Å². The highest BCUT2D eigenvalue weighted by Gasteiger charge is 2.23. The first-order valence-corrected chi connectivity index (χ1v) is 11.6. The number of urea groups is 1. The van der Waals surface area contributed by atoms with Crippen molar-refractivity contribution in [2.45, 2.75) is 51.9 Å². The Labute approximate surface area is 190 Å². The van der Waals surface area contributed by atoms with Gasteiger partial charge < -0.3 is 5.32 Å². The minimum Gasteiger partial charge on any atom is -0.338 e. The van der Waals surface area contributed by atoms with E-state index in [-0.39, 0.29) is 12.5 Å². The summed E-state index contributed by atoms with van der Waals surface area (Å²) in [5.74, 6) is 0.139. The third-order valence-corrected chi connectivity index (χ3v) is 5.67. The van der Waals surface area contributed by atoms with Gasteiger partial charge in [0.2, 0.25) is 0 Å². The fraction of sp³-hybridized carbons (Fsp3) is 0.462. The second-order valence-corrected chi connectivity index (χ2v) is 8.39. The molecular weight excluding hydrogens is 404 g/mol. The van der Waals surface area contributed by atoms with Crippen LogP contribution in [0.3, 0.4) is 0 Å². The minimum absolute atomic E-state index is 0.150. The summed E-state index contributed by atoms with van der Waals surface area (Å²) in [5, 5.41) is 2.99. The molecule has 2 aromatic carbocycles. The average Bonchev–Trinajstić information content (AvgIpc) is 3.65. The number of hydrogen-bond acceptors (Lipinski definition) is 4. The van der Waals surface area contributed by atoms with Gasteiger partial charge in [0.25, 0.3) is 0 Å². The van der Waals surface area contributed by atoms with Crippen LogP contribution in [0.4, 0.5) is 10.5 Å². The third-order valence-electron chi connectivity index (χ3n) is 5.67. The SMILES string of the molecule is CCCCCNC(=O)N(C)c1cc(-c2ccccc2)ccc1CCC(=O)OOCC1CC1. The summed E-state index contributed by atoms with van der Waals surface area (Å²) in [6.45, 7) is 3.26. The monoisotopic (exact) mass is 438 g/mol. The molecule has 32 heavy (non-hydrogen) atoms. The molecule has 172 valence electrons. The van der Waals surface area contributed by atoms with Crippen LogP contribution in [0.25, 0.3) is 11.1 Å². The standard InChI is InChI=1S/C26H34N2O4/c1-3-4-8-17-27-26(30)28(2)24-18-23(21-9-6-5-7-10-21)14-13-22(24)15-16-25(29)32-31-19-20-11-12-20/h5-7,9-10,13-14,18,20H,3-4,8,11-12,15-17,19H2,1-2H3,(H,27,30). The van der Waals surface area contributed by atoms with Gasteiger partial charge in [-0.25, -0.2) is 9.59 Å². The zero-order valence-electron chi connectivity index (χ0n) is 19.1. The van der Waals surface area contributed by atoms with E-state index in [0.29, 0.717) is 25.5 Å². The molecule has 1 N–H and O–H groups in total. The molecular formula is C26H34N2O4. The average molecular weight is 439 g/mol. The van der Waals surface area contributed by atoms with E-state index in [4.69, 9.17) is 9.78 Å². The Morgan fingerprint density at radius 2 is 1.84 bits per heavy atom. The van der Waals surface area contributed by atoms with Gasteiger partial charge in [-0.2, -0.15) is 4.89 Å². The van der Waals surface area contributed by atoms with E-state index in [1.54, 1.807) is 11.9 Å². The summed E-state index contributed by atoms with van der Waals surface area (Å²) in [4.78, 5) is 36.4. The van der Waals surface area contributed by atoms with Crippen molar-refractivity contribution in [1.82, 2.24) is 5.32 Å². The van der Waals surface area contributed by atoms with Crippen molar-refractivity contribution < 1.29 is 19.4 Å². The molecule has 3 rings (SSSR count). The van der Waals surface area contributed by atoms with Crippen LogP contribution in [-0.4, -0.2) is 32.2 Å². The van der Waals surface area contributed by atoms with Gasteiger partial charge in [-0.05, 0) is 54.4 Å². The van der Waals surface area contributed by atoms with Crippen molar-refractivity contribution in [3.63, 3.8) is 0 Å². The van der Waals surface area contributed by atoms with E-state index < -0.39 is 5.97 Å². The highest BCUT2D eigenvalue weighted by atomic mass is 17.2. The lowest BCUT2D eigenvalue weighted by molar-refractivity contribution is -0.274. The summed E-state index contributed by atoms with van der Waals surface area (Å²) in [5.41, 5.74) is 3.79. The van der Waals surface area contributed by atoms with Gasteiger partial charge in [0.05, 0.1) is 13.0 Å². The largest absolute Gasteiger partial charge is 0.342 e. The lowest BCUT2D eigenvalue weighted by atomic mass is 9.99. The van der Waals surface area contributed by atoms with E-state index in [2.05, 4.69) is 12.2 Å². The predicted octanol–water partition coefficient (Wildman–Crippen LogP) is 5.51. The molecule has 0 aliphatic heterocycles. The van der Waals surface area contributed by atoms with Gasteiger partial charge in [0, 0.05) is 19.3 Å². The molecule has 6 heteroatoms. The van der Waals surface area contributed by atoms with Gasteiger partial charge in [-0.3, -0.25) is 9.79 Å². The second kappa shape index (κ2) is 12.2. The number of unbranched alkanes of at least 4 members (excludes halogenated alkanes) is 2. The van der Waals surface area contributed by atoms with Gasteiger partial charge >= 0.3 is 12.0 Å². The quantitative estimate of drug-likeness (QED) is 0.270. The maximum absolute atomic E-state index is 12.8. The minimum atomic E-state index is -0.393. The van der Waals surface area contributed by atoms with Crippen molar-refractivity contribution in [2.75, 3.05) is 25.1 Å². The number of rotatable bonds is 12. The van der Waals surface area contributed by atoms with Gasteiger partial charge in [0.15, 0.2) is 0 Å². The lowest BCUT2D eigenvalue weighted by Crippen LogP contribution is -2.38. The number of amides is 2. The number of nitrogens with zero attached hydrogens (tertiary/aromatic N) is 1. The zero-order chi connectivity index (χ0) is 22.8. The number of anilines is 1. The highest BCUT2D eigenvalue weighted by Crippen LogP contribution is 2.30. The third kappa shape index (κ3) is 7.38. The number of carbonyl (C=O) groups is 2. The van der Waals surface area contributed by atoms with Crippen LogP contribution < -0.4 is 10.2 Å². The molecule has 2 amide bonds. The molecule has 0 unspecified atom stereocenters. The normalized spacial score (nSPS) is 12.9. The van der Waals surface area contributed by atoms with Gasteiger partial charge in [0.1, 0.15) is 0 Å². The van der Waals surface area contributed by atoms with E-state index >= 15 is 0 Å². The topological polar surface area (TPSA) is 67.9 Å². The Bertz CT molecular complexity index is 881. The number of nitrogens with one attached hydrogen (secondary N) is 1. The van der Waals surface area contributed by atoms with Crippen molar-refractivity contribution >= 4 is 17.7 Å². The first-order valence-electron chi connectivity index (χ1n) is 11.6. The predicted molar refractivity (Wildman–Crippen MR) is 126 cm³/mol. The second-order valence-electron chi connectivity index (χ2n) is 8.39. The van der Waals surface area contributed by atoms with Crippen LogP contribution in [0.15, 0.2) is 48.5 Å². The summed E-state index contributed by atoms with van der Waals surface area (Å²) >= 11 is 0. The highest BCUT2D eigenvalue weighted by molar-refractivity contribution is 5.93. The van der Waals surface area contributed by atoms with Crippen molar-refractivity contribution in [3.8, 4) is 11.1 Å². The molecule has 1 fully saturated rings. The molecule has 2 aromatic rings. The molecule has 6 nitrogen and oxygen atoms in total. The Kier molecular flexibility index (Phi) is 9.11. The smallest absolute Gasteiger partial charge is 0.338 e. The molecule has 0 radical (unpaired) electrons. The maximum atomic E-state index is 12.8. The summed E-state index contributed by atoms with van der Waals surface area (Å²) in [7, 11) is 1.76. The number of aryl methyl sites for hydroxylation is 1. The molecule has 1 aliphatic carbocycles. The molecule has 0 atom stereocenters. The van der Waals surface area contributed by atoms with E-state index in [1.165, 1.54) is 0 Å². The number of hydrogen-bond donors (Lipinski definition) is 1. The fourth-order valence-electron chi connectivity index (χ4n) is 3.45. The summed E-state index contributed by atoms with van der Waals surface area (Å²) in [6.07, 6.45) is 6.08. The maximum Gasteiger partial charge on any atom is 0.342 e. The van der Waals surface area contributed by atoms with Crippen LogP contribution >= 0.6 is 0 Å². The first-order chi connectivity index (χ1) is 15.6. The number of benzene rings is 2.